The molecule has 0 saturated heterocycles. The molecular weight excluding hydrogens is 408 g/mol. The molecular formula is C23H30N6OS. The molecule has 0 radical (unpaired) electrons. The van der Waals surface area contributed by atoms with Crippen LogP contribution in [0.2, 0.25) is 0 Å². The Morgan fingerprint density at radius 2 is 1.97 bits per heavy atom. The third-order valence-electron chi connectivity index (χ3n) is 4.79. The second kappa shape index (κ2) is 10.8. The topological polar surface area (TPSA) is 74.6 Å². The number of aryl methyl sites for hydroxylation is 2. The third-order valence-corrected chi connectivity index (χ3v) is 5.72. The van der Waals surface area contributed by atoms with Crippen molar-refractivity contribution in [3.8, 4) is 5.69 Å². The van der Waals surface area contributed by atoms with Gasteiger partial charge in [0.15, 0.2) is 5.96 Å². The van der Waals surface area contributed by atoms with Gasteiger partial charge in [0, 0.05) is 31.2 Å². The molecule has 0 saturated carbocycles. The van der Waals surface area contributed by atoms with Crippen LogP contribution in [0.1, 0.15) is 21.8 Å². The Morgan fingerprint density at radius 1 is 1.16 bits per heavy atom. The van der Waals surface area contributed by atoms with Crippen molar-refractivity contribution >= 4 is 23.2 Å². The van der Waals surface area contributed by atoms with Gasteiger partial charge in [-0.25, -0.2) is 9.67 Å². The van der Waals surface area contributed by atoms with Gasteiger partial charge < -0.3 is 15.5 Å². The normalized spacial score (nSPS) is 11.4. The van der Waals surface area contributed by atoms with Crippen LogP contribution in [0.4, 0.5) is 0 Å². The van der Waals surface area contributed by atoms with E-state index in [2.05, 4.69) is 51.4 Å². The number of amides is 1. The van der Waals surface area contributed by atoms with E-state index >= 15 is 0 Å². The highest BCUT2D eigenvalue weighted by Gasteiger charge is 2.10. The van der Waals surface area contributed by atoms with Gasteiger partial charge in [0.05, 0.1) is 24.5 Å². The predicted molar refractivity (Wildman–Crippen MR) is 127 cm³/mol. The summed E-state index contributed by atoms with van der Waals surface area (Å²) in [6.45, 7) is 5.44. The van der Waals surface area contributed by atoms with Crippen molar-refractivity contribution in [1.29, 1.82) is 0 Å². The lowest BCUT2D eigenvalue weighted by Crippen LogP contribution is -2.43. The van der Waals surface area contributed by atoms with Crippen molar-refractivity contribution in [3.63, 3.8) is 0 Å². The Hall–Kier alpha value is -3.13. The number of carbonyl (C=O) groups excluding carboxylic acids is 1. The molecule has 0 fully saturated rings. The molecule has 0 aliphatic heterocycles. The molecule has 3 aromatic rings. The zero-order valence-corrected chi connectivity index (χ0v) is 19.4. The van der Waals surface area contributed by atoms with Crippen molar-refractivity contribution in [1.82, 2.24) is 25.3 Å². The van der Waals surface area contributed by atoms with Gasteiger partial charge in [0.1, 0.15) is 0 Å². The third kappa shape index (κ3) is 6.42. The van der Waals surface area contributed by atoms with E-state index in [4.69, 9.17) is 4.99 Å². The van der Waals surface area contributed by atoms with Gasteiger partial charge in [-0.1, -0.05) is 24.3 Å². The van der Waals surface area contributed by atoms with Crippen LogP contribution in [-0.2, 0) is 17.8 Å². The minimum atomic E-state index is -0.00389. The number of guanidine groups is 1. The molecule has 164 valence electrons. The number of para-hydroxylation sites is 1. The van der Waals surface area contributed by atoms with Crippen LogP contribution in [0.25, 0.3) is 5.69 Å². The van der Waals surface area contributed by atoms with E-state index < -0.39 is 0 Å². The lowest BCUT2D eigenvalue weighted by Gasteiger charge is -2.15. The van der Waals surface area contributed by atoms with Gasteiger partial charge in [-0.3, -0.25) is 4.79 Å². The van der Waals surface area contributed by atoms with Crippen molar-refractivity contribution in [2.24, 2.45) is 4.99 Å². The molecule has 0 aliphatic rings. The Balaban J connectivity index is 1.74. The highest BCUT2D eigenvalue weighted by Crippen LogP contribution is 2.17. The summed E-state index contributed by atoms with van der Waals surface area (Å²) in [5, 5.41) is 13.2. The van der Waals surface area contributed by atoms with Gasteiger partial charge in [-0.15, -0.1) is 11.3 Å². The first-order chi connectivity index (χ1) is 14.9. The summed E-state index contributed by atoms with van der Waals surface area (Å²) < 4.78 is 1.95. The van der Waals surface area contributed by atoms with Crippen LogP contribution in [0.5, 0.6) is 0 Å². The number of aromatic nitrogens is 2. The molecule has 0 spiro atoms. The first kappa shape index (κ1) is 22.6. The van der Waals surface area contributed by atoms with Crippen LogP contribution in [0.15, 0.2) is 52.8 Å². The predicted octanol–water partition coefficient (Wildman–Crippen LogP) is 2.92. The van der Waals surface area contributed by atoms with Crippen molar-refractivity contribution in [3.05, 3.63) is 69.7 Å². The molecule has 2 aromatic heterocycles. The first-order valence-electron chi connectivity index (χ1n) is 10.3. The minimum Gasteiger partial charge on any atom is -0.356 e. The van der Waals surface area contributed by atoms with E-state index in [-0.39, 0.29) is 12.5 Å². The molecule has 1 aromatic carbocycles. The number of rotatable bonds is 8. The number of nitrogens with zero attached hydrogens (tertiary/aromatic N) is 4. The van der Waals surface area contributed by atoms with Crippen molar-refractivity contribution in [2.45, 2.75) is 26.8 Å². The Morgan fingerprint density at radius 3 is 2.65 bits per heavy atom. The highest BCUT2D eigenvalue weighted by molar-refractivity contribution is 7.09. The summed E-state index contributed by atoms with van der Waals surface area (Å²) in [6, 6.07) is 14.4. The smallest absolute Gasteiger partial charge is 0.241 e. The number of thiophene rings is 1. The summed E-state index contributed by atoms with van der Waals surface area (Å²) in [7, 11) is 3.49. The number of hydrogen-bond acceptors (Lipinski definition) is 4. The van der Waals surface area contributed by atoms with Gasteiger partial charge >= 0.3 is 0 Å². The van der Waals surface area contributed by atoms with Gasteiger partial charge in [0.25, 0.3) is 0 Å². The van der Waals surface area contributed by atoms with Crippen LogP contribution in [0.3, 0.4) is 0 Å². The largest absolute Gasteiger partial charge is 0.356 e. The van der Waals surface area contributed by atoms with Crippen LogP contribution < -0.4 is 10.6 Å². The first-order valence-corrected chi connectivity index (χ1v) is 11.2. The maximum atomic E-state index is 12.0. The fraction of sp³-hybridized carbons (Fsp3) is 0.348. The fourth-order valence-corrected chi connectivity index (χ4v) is 3.85. The molecule has 2 heterocycles. The molecule has 31 heavy (non-hydrogen) atoms. The van der Waals surface area contributed by atoms with Crippen molar-refractivity contribution in [2.75, 3.05) is 27.2 Å². The summed E-state index contributed by atoms with van der Waals surface area (Å²) in [6.07, 6.45) is 0.905. The lowest BCUT2D eigenvalue weighted by molar-refractivity contribution is -0.127. The molecule has 3 rings (SSSR count). The number of hydrogen-bond donors (Lipinski definition) is 2. The molecule has 2 N–H and O–H groups in total. The van der Waals surface area contributed by atoms with Crippen LogP contribution in [-0.4, -0.2) is 53.7 Å². The monoisotopic (exact) mass is 438 g/mol. The highest BCUT2D eigenvalue weighted by atomic mass is 32.1. The molecule has 8 heteroatoms. The number of benzene rings is 1. The molecule has 0 bridgehead atoms. The summed E-state index contributed by atoms with van der Waals surface area (Å²) in [5.41, 5.74) is 4.14. The van der Waals surface area contributed by atoms with Crippen molar-refractivity contribution < 1.29 is 4.79 Å². The Labute approximate surface area is 187 Å². The van der Waals surface area contributed by atoms with Crippen LogP contribution in [0, 0.1) is 13.8 Å². The molecule has 0 aliphatic carbocycles. The zero-order chi connectivity index (χ0) is 22.2. The summed E-state index contributed by atoms with van der Waals surface area (Å²) in [4.78, 5) is 19.7. The maximum Gasteiger partial charge on any atom is 0.241 e. The van der Waals surface area contributed by atoms with E-state index in [1.54, 1.807) is 30.3 Å². The van der Waals surface area contributed by atoms with E-state index in [0.29, 0.717) is 12.5 Å². The quantitative estimate of drug-likeness (QED) is 0.419. The zero-order valence-electron chi connectivity index (χ0n) is 18.6. The van der Waals surface area contributed by atoms with E-state index in [1.165, 1.54) is 4.88 Å². The van der Waals surface area contributed by atoms with E-state index in [1.807, 2.05) is 30.7 Å². The molecule has 0 atom stereocenters. The van der Waals surface area contributed by atoms with Gasteiger partial charge in [-0.05, 0) is 49.4 Å². The molecule has 0 unspecified atom stereocenters. The van der Waals surface area contributed by atoms with Gasteiger partial charge in [0.2, 0.25) is 5.91 Å². The number of nitrogens with one attached hydrogen (secondary N) is 2. The number of aliphatic imine (C=N–C) groups is 1. The summed E-state index contributed by atoms with van der Waals surface area (Å²) in [5.74, 6) is 0.616. The standard InChI is InChI=1S/C23H30N6OS/c1-17-14-18(2)29(27-17)21-10-6-5-8-19(21)15-25-23(26-16-22(30)28(3)4)24-12-11-20-9-7-13-31-20/h5-10,13-14H,11-12,15-16H2,1-4H3,(H2,24,25,26). The lowest BCUT2D eigenvalue weighted by atomic mass is 10.2. The summed E-state index contributed by atoms with van der Waals surface area (Å²) >= 11 is 1.74. The SMILES string of the molecule is Cc1cc(C)n(-c2ccccc2CN=C(NCCc2cccs2)NCC(=O)N(C)C)n1. The minimum absolute atomic E-state index is 0.00389. The Kier molecular flexibility index (Phi) is 7.83. The van der Waals surface area contributed by atoms with E-state index in [9.17, 15) is 4.79 Å². The number of likely N-dealkylation sites (N-methyl/N-ethyl adjacent to an activating group) is 1. The average molecular weight is 439 g/mol. The fourth-order valence-electron chi connectivity index (χ4n) is 3.14. The van der Waals surface area contributed by atoms with Gasteiger partial charge in [-0.2, -0.15) is 5.10 Å². The molecule has 7 nitrogen and oxygen atoms in total. The van der Waals surface area contributed by atoms with E-state index in [0.717, 1.165) is 35.6 Å². The average Bonchev–Trinajstić information content (AvgIpc) is 3.38. The number of carbonyl (C=O) groups is 1. The Bertz CT molecular complexity index is 1020. The van der Waals surface area contributed by atoms with Crippen LogP contribution >= 0.6 is 11.3 Å². The maximum absolute atomic E-state index is 12.0. The molecule has 1 amide bonds. The second-order valence-corrected chi connectivity index (χ2v) is 8.56. The second-order valence-electron chi connectivity index (χ2n) is 7.53.